The highest BCUT2D eigenvalue weighted by molar-refractivity contribution is 5.95. The molecule has 1 aliphatic rings. The molecule has 1 heterocycles. The molecule has 0 spiro atoms. The Labute approximate surface area is 127 Å². The minimum Gasteiger partial charge on any atom is -0.336 e. The predicted molar refractivity (Wildman–Crippen MR) is 84.1 cm³/mol. The fourth-order valence-electron chi connectivity index (χ4n) is 2.51. The first-order valence-corrected chi connectivity index (χ1v) is 8.08. The molecular weight excluding hydrogens is 264 g/mol. The summed E-state index contributed by atoms with van der Waals surface area (Å²) in [5.74, 6) is 0.766. The lowest BCUT2D eigenvalue weighted by atomic mass is 10.1. The van der Waals surface area contributed by atoms with Crippen molar-refractivity contribution in [2.24, 2.45) is 11.7 Å². The van der Waals surface area contributed by atoms with Gasteiger partial charge >= 0.3 is 0 Å². The molecule has 2 rings (SSSR count). The Morgan fingerprint density at radius 2 is 2.24 bits per heavy atom. The van der Waals surface area contributed by atoms with Crippen LogP contribution in [0.5, 0.6) is 0 Å². The quantitative estimate of drug-likeness (QED) is 0.799. The van der Waals surface area contributed by atoms with E-state index >= 15 is 0 Å². The fraction of sp³-hybridized carbons (Fsp3) is 0.750. The van der Waals surface area contributed by atoms with Crippen LogP contribution in [0.2, 0.25) is 0 Å². The van der Waals surface area contributed by atoms with E-state index < -0.39 is 0 Å². The van der Waals surface area contributed by atoms with Gasteiger partial charge in [-0.05, 0) is 45.1 Å². The molecule has 0 aromatic carbocycles. The normalized spacial score (nSPS) is 14.7. The third-order valence-electron chi connectivity index (χ3n) is 4.10. The average Bonchev–Trinajstić information content (AvgIpc) is 3.20. The largest absolute Gasteiger partial charge is 0.336 e. The smallest absolute Gasteiger partial charge is 0.257 e. The highest BCUT2D eigenvalue weighted by Crippen LogP contribution is 2.29. The van der Waals surface area contributed by atoms with Crippen LogP contribution in [0.25, 0.3) is 0 Å². The van der Waals surface area contributed by atoms with Gasteiger partial charge in [-0.2, -0.15) is 5.10 Å². The second-order valence-electron chi connectivity index (χ2n) is 6.42. The summed E-state index contributed by atoms with van der Waals surface area (Å²) in [5.41, 5.74) is 7.26. The molecule has 0 saturated heterocycles. The number of hydrogen-bond donors (Lipinski definition) is 1. The first-order valence-electron chi connectivity index (χ1n) is 8.08. The Bertz CT molecular complexity index is 477. The van der Waals surface area contributed by atoms with Crippen LogP contribution in [0.3, 0.4) is 0 Å². The van der Waals surface area contributed by atoms with Gasteiger partial charge in [-0.15, -0.1) is 0 Å². The highest BCUT2D eigenvalue weighted by atomic mass is 16.2. The van der Waals surface area contributed by atoms with Crippen molar-refractivity contribution >= 4 is 5.91 Å². The van der Waals surface area contributed by atoms with E-state index in [0.717, 1.165) is 50.0 Å². The molecule has 0 radical (unpaired) electrons. The van der Waals surface area contributed by atoms with Crippen LogP contribution in [0.4, 0.5) is 0 Å². The van der Waals surface area contributed by atoms with Crippen LogP contribution < -0.4 is 5.73 Å². The second kappa shape index (κ2) is 7.07. The van der Waals surface area contributed by atoms with Crippen LogP contribution in [0, 0.1) is 12.8 Å². The fourth-order valence-corrected chi connectivity index (χ4v) is 2.51. The molecule has 2 N–H and O–H groups in total. The molecule has 1 aliphatic carbocycles. The second-order valence-corrected chi connectivity index (χ2v) is 6.42. The van der Waals surface area contributed by atoms with Gasteiger partial charge in [0, 0.05) is 24.8 Å². The first-order chi connectivity index (χ1) is 10.0. The number of rotatable bonds is 8. The number of nitrogens with zero attached hydrogens (tertiary/aromatic N) is 3. The molecule has 21 heavy (non-hydrogen) atoms. The number of hydrogen-bond acceptors (Lipinski definition) is 3. The SMILES string of the molecule is Cc1c(C(=O)N(CCC(C)C)C2CC2)cnn1CCCN. The summed E-state index contributed by atoms with van der Waals surface area (Å²) in [5, 5.41) is 4.35. The number of amides is 1. The molecule has 1 aromatic rings. The summed E-state index contributed by atoms with van der Waals surface area (Å²) in [6.07, 6.45) is 5.95. The summed E-state index contributed by atoms with van der Waals surface area (Å²) < 4.78 is 1.90. The van der Waals surface area contributed by atoms with Gasteiger partial charge < -0.3 is 10.6 Å². The predicted octanol–water partition coefficient (Wildman–Crippen LogP) is 2.19. The molecule has 118 valence electrons. The van der Waals surface area contributed by atoms with Gasteiger partial charge in [0.15, 0.2) is 0 Å². The number of aromatic nitrogens is 2. The molecule has 1 fully saturated rings. The Morgan fingerprint density at radius 3 is 2.81 bits per heavy atom. The summed E-state index contributed by atoms with van der Waals surface area (Å²) >= 11 is 0. The maximum Gasteiger partial charge on any atom is 0.257 e. The van der Waals surface area contributed by atoms with Crippen LogP contribution in [-0.4, -0.2) is 39.7 Å². The summed E-state index contributed by atoms with van der Waals surface area (Å²) in [6.45, 7) is 8.66. The number of carbonyl (C=O) groups is 1. The van der Waals surface area contributed by atoms with Crippen molar-refractivity contribution < 1.29 is 4.79 Å². The minimum atomic E-state index is 0.148. The molecular formula is C16H28N4O. The topological polar surface area (TPSA) is 64.2 Å². The number of carbonyl (C=O) groups excluding carboxylic acids is 1. The van der Waals surface area contributed by atoms with Crippen molar-refractivity contribution in [2.75, 3.05) is 13.1 Å². The monoisotopic (exact) mass is 292 g/mol. The summed E-state index contributed by atoms with van der Waals surface area (Å²) in [6, 6.07) is 0.447. The standard InChI is InChI=1S/C16H28N4O/c1-12(2)7-10-19(14-5-6-14)16(21)15-11-18-20(13(15)3)9-4-8-17/h11-12,14H,4-10,17H2,1-3H3. The van der Waals surface area contributed by atoms with Crippen LogP contribution in [-0.2, 0) is 6.54 Å². The molecule has 5 nitrogen and oxygen atoms in total. The number of nitrogens with two attached hydrogens (primary N) is 1. The third kappa shape index (κ3) is 4.06. The molecule has 1 amide bonds. The molecule has 0 bridgehead atoms. The third-order valence-corrected chi connectivity index (χ3v) is 4.10. The van der Waals surface area contributed by atoms with Gasteiger partial charge in [0.05, 0.1) is 11.8 Å². The Kier molecular flexibility index (Phi) is 5.39. The maximum atomic E-state index is 12.8. The van der Waals surface area contributed by atoms with E-state index in [2.05, 4.69) is 23.8 Å². The van der Waals surface area contributed by atoms with Crippen molar-refractivity contribution in [3.63, 3.8) is 0 Å². The summed E-state index contributed by atoms with van der Waals surface area (Å²) in [4.78, 5) is 14.8. The van der Waals surface area contributed by atoms with Crippen LogP contribution >= 0.6 is 0 Å². The molecule has 0 unspecified atom stereocenters. The van der Waals surface area contributed by atoms with E-state index in [-0.39, 0.29) is 5.91 Å². The lowest BCUT2D eigenvalue weighted by Gasteiger charge is -2.23. The van der Waals surface area contributed by atoms with E-state index in [1.807, 2.05) is 11.6 Å². The van der Waals surface area contributed by atoms with E-state index in [1.165, 1.54) is 0 Å². The summed E-state index contributed by atoms with van der Waals surface area (Å²) in [7, 11) is 0. The molecule has 5 heteroatoms. The zero-order valence-corrected chi connectivity index (χ0v) is 13.5. The van der Waals surface area contributed by atoms with Gasteiger partial charge in [-0.3, -0.25) is 9.48 Å². The lowest BCUT2D eigenvalue weighted by molar-refractivity contribution is 0.0734. The van der Waals surface area contributed by atoms with Gasteiger partial charge in [-0.25, -0.2) is 0 Å². The average molecular weight is 292 g/mol. The van der Waals surface area contributed by atoms with Crippen molar-refractivity contribution in [1.29, 1.82) is 0 Å². The van der Waals surface area contributed by atoms with Gasteiger partial charge in [-0.1, -0.05) is 13.8 Å². The molecule has 1 aromatic heterocycles. The van der Waals surface area contributed by atoms with Crippen molar-refractivity contribution in [2.45, 2.75) is 59.0 Å². The first kappa shape index (κ1) is 16.0. The van der Waals surface area contributed by atoms with Crippen LogP contribution in [0.15, 0.2) is 6.20 Å². The lowest BCUT2D eigenvalue weighted by Crippen LogP contribution is -2.34. The zero-order chi connectivity index (χ0) is 15.4. The number of aryl methyl sites for hydroxylation is 1. The highest BCUT2D eigenvalue weighted by Gasteiger charge is 2.34. The van der Waals surface area contributed by atoms with E-state index in [9.17, 15) is 4.79 Å². The Morgan fingerprint density at radius 1 is 1.52 bits per heavy atom. The Hall–Kier alpha value is -1.36. The van der Waals surface area contributed by atoms with Crippen molar-refractivity contribution in [3.8, 4) is 0 Å². The van der Waals surface area contributed by atoms with E-state index in [0.29, 0.717) is 18.5 Å². The van der Waals surface area contributed by atoms with Gasteiger partial charge in [0.1, 0.15) is 0 Å². The van der Waals surface area contributed by atoms with Crippen molar-refractivity contribution in [3.05, 3.63) is 17.5 Å². The molecule has 1 saturated carbocycles. The molecule has 0 aliphatic heterocycles. The minimum absolute atomic E-state index is 0.148. The van der Waals surface area contributed by atoms with E-state index in [1.54, 1.807) is 6.20 Å². The van der Waals surface area contributed by atoms with Crippen LogP contribution in [0.1, 0.15) is 55.6 Å². The van der Waals surface area contributed by atoms with E-state index in [4.69, 9.17) is 5.73 Å². The van der Waals surface area contributed by atoms with Gasteiger partial charge in [0.25, 0.3) is 5.91 Å². The molecule has 0 atom stereocenters. The van der Waals surface area contributed by atoms with Gasteiger partial charge in [0.2, 0.25) is 0 Å². The Balaban J connectivity index is 2.07. The maximum absolute atomic E-state index is 12.8. The van der Waals surface area contributed by atoms with Crippen molar-refractivity contribution in [1.82, 2.24) is 14.7 Å². The zero-order valence-electron chi connectivity index (χ0n) is 13.5.